The van der Waals surface area contributed by atoms with Crippen molar-refractivity contribution in [3.05, 3.63) is 16.5 Å². The Hall–Kier alpha value is -0.370. The first-order valence-electron chi connectivity index (χ1n) is 7.00. The zero-order valence-electron chi connectivity index (χ0n) is 11.9. The zero-order valence-corrected chi connectivity index (χ0v) is 14.3. The van der Waals surface area contributed by atoms with Gasteiger partial charge in [0, 0.05) is 25.2 Å². The Bertz CT molecular complexity index is 552. The van der Waals surface area contributed by atoms with Gasteiger partial charge in [0.1, 0.15) is 10.7 Å². The van der Waals surface area contributed by atoms with E-state index in [1.54, 1.807) is 6.07 Å². The van der Waals surface area contributed by atoms with Crippen molar-refractivity contribution < 1.29 is 12.8 Å². The van der Waals surface area contributed by atoms with Crippen LogP contribution in [-0.2, 0) is 16.6 Å². The van der Waals surface area contributed by atoms with Crippen LogP contribution in [0.3, 0.4) is 0 Å². The van der Waals surface area contributed by atoms with E-state index >= 15 is 0 Å². The van der Waals surface area contributed by atoms with Gasteiger partial charge in [-0.2, -0.15) is 4.31 Å². The van der Waals surface area contributed by atoms with Gasteiger partial charge in [-0.25, -0.2) is 8.42 Å². The van der Waals surface area contributed by atoms with Crippen molar-refractivity contribution in [1.29, 1.82) is 0 Å². The summed E-state index contributed by atoms with van der Waals surface area (Å²) in [5.74, 6) is 0.648. The van der Waals surface area contributed by atoms with Crippen molar-refractivity contribution >= 4 is 26.0 Å². The molecule has 1 aliphatic carbocycles. The van der Waals surface area contributed by atoms with Gasteiger partial charge in [-0.05, 0) is 35.2 Å². The SMILES string of the molecule is CCCN(CC)S(=O)(=O)c1cc(CNC2CC2)oc1Br. The predicted octanol–water partition coefficient (Wildman–Crippen LogP) is 2.71. The second-order valence-electron chi connectivity index (χ2n) is 5.00. The highest BCUT2D eigenvalue weighted by atomic mass is 79.9. The fraction of sp³-hybridized carbons (Fsp3) is 0.692. The third kappa shape index (κ3) is 3.63. The summed E-state index contributed by atoms with van der Waals surface area (Å²) in [6.45, 7) is 5.36. The quantitative estimate of drug-likeness (QED) is 0.770. The summed E-state index contributed by atoms with van der Waals surface area (Å²) in [4.78, 5) is 0.223. The number of halogens is 1. The highest BCUT2D eigenvalue weighted by molar-refractivity contribution is 9.10. The molecule has 1 aromatic rings. The summed E-state index contributed by atoms with van der Waals surface area (Å²) in [6, 6.07) is 2.18. The van der Waals surface area contributed by atoms with E-state index in [-0.39, 0.29) is 4.90 Å². The zero-order chi connectivity index (χ0) is 14.8. The monoisotopic (exact) mass is 364 g/mol. The smallest absolute Gasteiger partial charge is 0.247 e. The Labute approximate surface area is 128 Å². The third-order valence-corrected chi connectivity index (χ3v) is 6.12. The molecule has 0 radical (unpaired) electrons. The lowest BCUT2D eigenvalue weighted by molar-refractivity contribution is 0.423. The molecular formula is C13H21BrN2O3S. The number of furan rings is 1. The van der Waals surface area contributed by atoms with Crippen LogP contribution < -0.4 is 5.32 Å². The Morgan fingerprint density at radius 2 is 2.15 bits per heavy atom. The Morgan fingerprint density at radius 1 is 1.45 bits per heavy atom. The van der Waals surface area contributed by atoms with Crippen molar-refractivity contribution in [2.75, 3.05) is 13.1 Å². The van der Waals surface area contributed by atoms with Crippen molar-refractivity contribution in [2.24, 2.45) is 0 Å². The molecule has 1 aromatic heterocycles. The van der Waals surface area contributed by atoms with Gasteiger partial charge in [0.2, 0.25) is 10.0 Å². The van der Waals surface area contributed by atoms with E-state index in [4.69, 9.17) is 4.42 Å². The molecule has 0 saturated heterocycles. The lowest BCUT2D eigenvalue weighted by Crippen LogP contribution is -2.31. The van der Waals surface area contributed by atoms with E-state index in [1.807, 2.05) is 13.8 Å². The maximum atomic E-state index is 12.6. The standard InChI is InChI=1S/C13H21BrN2O3S/c1-3-7-16(4-2)20(17,18)12-8-11(19-13(12)14)9-15-10-5-6-10/h8,10,15H,3-7,9H2,1-2H3. The fourth-order valence-corrected chi connectivity index (χ4v) is 4.53. The van der Waals surface area contributed by atoms with Crippen LogP contribution in [0, 0.1) is 0 Å². The minimum Gasteiger partial charge on any atom is -0.452 e. The molecule has 0 aromatic carbocycles. The molecule has 1 aliphatic rings. The summed E-state index contributed by atoms with van der Waals surface area (Å²) in [7, 11) is -3.48. The average Bonchev–Trinajstić information content (AvgIpc) is 3.15. The van der Waals surface area contributed by atoms with Crippen LogP contribution in [-0.4, -0.2) is 31.9 Å². The van der Waals surface area contributed by atoms with E-state index in [0.29, 0.717) is 36.1 Å². The molecule has 2 rings (SSSR count). The molecule has 0 aliphatic heterocycles. The second kappa shape index (κ2) is 6.60. The molecule has 7 heteroatoms. The molecule has 0 bridgehead atoms. The normalized spacial score (nSPS) is 16.0. The molecular weight excluding hydrogens is 344 g/mol. The number of nitrogens with zero attached hydrogens (tertiary/aromatic N) is 1. The Kier molecular flexibility index (Phi) is 5.28. The predicted molar refractivity (Wildman–Crippen MR) is 81.0 cm³/mol. The van der Waals surface area contributed by atoms with E-state index < -0.39 is 10.0 Å². The van der Waals surface area contributed by atoms with Crippen LogP contribution in [0.15, 0.2) is 20.0 Å². The van der Waals surface area contributed by atoms with Crippen LogP contribution in [0.2, 0.25) is 0 Å². The van der Waals surface area contributed by atoms with E-state index in [9.17, 15) is 8.42 Å². The Morgan fingerprint density at radius 3 is 2.70 bits per heavy atom. The van der Waals surface area contributed by atoms with Crippen LogP contribution in [0.25, 0.3) is 0 Å². The summed E-state index contributed by atoms with van der Waals surface area (Å²) >= 11 is 3.22. The van der Waals surface area contributed by atoms with Gasteiger partial charge in [0.25, 0.3) is 0 Å². The molecule has 1 heterocycles. The second-order valence-corrected chi connectivity index (χ2v) is 7.63. The van der Waals surface area contributed by atoms with Crippen LogP contribution in [0.1, 0.15) is 38.9 Å². The minimum atomic E-state index is -3.48. The van der Waals surface area contributed by atoms with Crippen molar-refractivity contribution in [3.63, 3.8) is 0 Å². The van der Waals surface area contributed by atoms with Gasteiger partial charge < -0.3 is 9.73 Å². The van der Waals surface area contributed by atoms with Crippen LogP contribution in [0.5, 0.6) is 0 Å². The molecule has 0 spiro atoms. The maximum absolute atomic E-state index is 12.6. The summed E-state index contributed by atoms with van der Waals surface area (Å²) < 4.78 is 32.4. The first-order chi connectivity index (χ1) is 9.48. The maximum Gasteiger partial charge on any atom is 0.247 e. The number of nitrogens with one attached hydrogen (secondary N) is 1. The number of hydrogen-bond acceptors (Lipinski definition) is 4. The van der Waals surface area contributed by atoms with Crippen molar-refractivity contribution in [1.82, 2.24) is 9.62 Å². The van der Waals surface area contributed by atoms with E-state index in [2.05, 4.69) is 21.2 Å². The van der Waals surface area contributed by atoms with Gasteiger partial charge in [0.05, 0.1) is 6.54 Å². The summed E-state index contributed by atoms with van der Waals surface area (Å²) in [5.41, 5.74) is 0. The molecule has 5 nitrogen and oxygen atoms in total. The van der Waals surface area contributed by atoms with Crippen molar-refractivity contribution in [3.8, 4) is 0 Å². The first-order valence-corrected chi connectivity index (χ1v) is 9.24. The van der Waals surface area contributed by atoms with Crippen LogP contribution in [0.4, 0.5) is 0 Å². The van der Waals surface area contributed by atoms with E-state index in [1.165, 1.54) is 17.1 Å². The topological polar surface area (TPSA) is 62.6 Å². The largest absolute Gasteiger partial charge is 0.452 e. The van der Waals surface area contributed by atoms with E-state index in [0.717, 1.165) is 6.42 Å². The summed E-state index contributed by atoms with van der Waals surface area (Å²) in [6.07, 6.45) is 3.17. The van der Waals surface area contributed by atoms with Gasteiger partial charge >= 0.3 is 0 Å². The lowest BCUT2D eigenvalue weighted by Gasteiger charge is -2.18. The van der Waals surface area contributed by atoms with Gasteiger partial charge in [-0.3, -0.25) is 0 Å². The Balaban J connectivity index is 2.16. The number of rotatable bonds is 8. The lowest BCUT2D eigenvalue weighted by atomic mass is 10.4. The fourth-order valence-electron chi connectivity index (χ4n) is 2.03. The van der Waals surface area contributed by atoms with Crippen molar-refractivity contribution in [2.45, 2.75) is 50.6 Å². The number of sulfonamides is 1. The molecule has 1 N–H and O–H groups in total. The highest BCUT2D eigenvalue weighted by Crippen LogP contribution is 2.29. The molecule has 0 unspecified atom stereocenters. The molecule has 114 valence electrons. The molecule has 0 atom stereocenters. The number of hydrogen-bond donors (Lipinski definition) is 1. The minimum absolute atomic E-state index is 0.223. The molecule has 20 heavy (non-hydrogen) atoms. The van der Waals surface area contributed by atoms with Gasteiger partial charge in [-0.1, -0.05) is 13.8 Å². The molecule has 1 saturated carbocycles. The highest BCUT2D eigenvalue weighted by Gasteiger charge is 2.28. The average molecular weight is 365 g/mol. The van der Waals surface area contributed by atoms with Gasteiger partial charge in [-0.15, -0.1) is 0 Å². The van der Waals surface area contributed by atoms with Gasteiger partial charge in [0.15, 0.2) is 4.67 Å². The summed E-state index contributed by atoms with van der Waals surface area (Å²) in [5, 5.41) is 3.31. The first kappa shape index (κ1) is 16.0. The van der Waals surface area contributed by atoms with Crippen LogP contribution >= 0.6 is 15.9 Å². The molecule has 0 amide bonds. The third-order valence-electron chi connectivity index (χ3n) is 3.29. The molecule has 1 fully saturated rings.